The van der Waals surface area contributed by atoms with Crippen molar-refractivity contribution >= 4 is 0 Å². The molecule has 1 aliphatic carbocycles. The number of alkyl halides is 2. The van der Waals surface area contributed by atoms with Gasteiger partial charge in [0.1, 0.15) is 0 Å². The fourth-order valence-electron chi connectivity index (χ4n) is 2.36. The van der Waals surface area contributed by atoms with Crippen LogP contribution in [0.4, 0.5) is 8.78 Å². The zero-order valence-corrected chi connectivity index (χ0v) is 8.99. The Hall–Kier alpha value is -0.180. The van der Waals surface area contributed by atoms with Gasteiger partial charge in [0.25, 0.3) is 6.43 Å². The van der Waals surface area contributed by atoms with E-state index in [1.807, 2.05) is 6.92 Å². The minimum atomic E-state index is -2.22. The Kier molecular flexibility index (Phi) is 4.79. The molecule has 0 amide bonds. The minimum absolute atomic E-state index is 0.637. The summed E-state index contributed by atoms with van der Waals surface area (Å²) in [5.41, 5.74) is -0.880. The second-order valence-corrected chi connectivity index (χ2v) is 4.25. The third-order valence-corrected chi connectivity index (χ3v) is 3.19. The Balaban J connectivity index is 2.60. The van der Waals surface area contributed by atoms with E-state index in [2.05, 4.69) is 5.32 Å². The maximum atomic E-state index is 13.0. The molecule has 0 aromatic carbocycles. The number of hydrogen-bond donors (Lipinski definition) is 1. The van der Waals surface area contributed by atoms with Crippen LogP contribution in [0, 0.1) is 0 Å². The van der Waals surface area contributed by atoms with Gasteiger partial charge in [-0.2, -0.15) is 0 Å². The first-order valence-corrected chi connectivity index (χ1v) is 5.74. The standard InChI is InChI=1S/C11H21F2N/c1-2-14-11(10(12)13)8-6-4-3-5-7-9-11/h10,14H,2-9H2,1H3. The molecule has 0 bridgehead atoms. The van der Waals surface area contributed by atoms with Gasteiger partial charge in [0.15, 0.2) is 0 Å². The van der Waals surface area contributed by atoms with Gasteiger partial charge < -0.3 is 5.32 Å². The molecular formula is C11H21F2N. The van der Waals surface area contributed by atoms with Crippen LogP contribution < -0.4 is 5.32 Å². The van der Waals surface area contributed by atoms with E-state index in [1.54, 1.807) is 0 Å². The van der Waals surface area contributed by atoms with Crippen LogP contribution in [0.15, 0.2) is 0 Å². The second-order valence-electron chi connectivity index (χ2n) is 4.25. The van der Waals surface area contributed by atoms with Crippen LogP contribution in [0.5, 0.6) is 0 Å². The van der Waals surface area contributed by atoms with Crippen molar-refractivity contribution in [1.29, 1.82) is 0 Å². The lowest BCUT2D eigenvalue weighted by molar-refractivity contribution is 0.0142. The summed E-state index contributed by atoms with van der Waals surface area (Å²) in [5, 5.41) is 3.02. The molecule has 0 radical (unpaired) electrons. The van der Waals surface area contributed by atoms with Gasteiger partial charge in [-0.1, -0.05) is 39.0 Å². The van der Waals surface area contributed by atoms with Gasteiger partial charge in [-0.3, -0.25) is 0 Å². The Morgan fingerprint density at radius 3 is 2.00 bits per heavy atom. The quantitative estimate of drug-likeness (QED) is 0.745. The van der Waals surface area contributed by atoms with Crippen molar-refractivity contribution in [1.82, 2.24) is 5.32 Å². The molecule has 0 aromatic rings. The van der Waals surface area contributed by atoms with E-state index in [9.17, 15) is 8.78 Å². The monoisotopic (exact) mass is 205 g/mol. The molecule has 0 unspecified atom stereocenters. The maximum Gasteiger partial charge on any atom is 0.256 e. The zero-order chi connectivity index (χ0) is 10.4. The molecule has 0 atom stereocenters. The first-order chi connectivity index (χ1) is 6.71. The van der Waals surface area contributed by atoms with Crippen molar-refractivity contribution in [3.63, 3.8) is 0 Å². The van der Waals surface area contributed by atoms with Crippen molar-refractivity contribution in [2.75, 3.05) is 6.54 Å². The molecular weight excluding hydrogens is 184 g/mol. The van der Waals surface area contributed by atoms with Crippen LogP contribution in [0.3, 0.4) is 0 Å². The fourth-order valence-corrected chi connectivity index (χ4v) is 2.36. The highest BCUT2D eigenvalue weighted by molar-refractivity contribution is 4.91. The molecule has 0 spiro atoms. The normalized spacial score (nSPS) is 23.1. The average Bonchev–Trinajstić information content (AvgIpc) is 2.09. The van der Waals surface area contributed by atoms with Crippen molar-refractivity contribution in [3.8, 4) is 0 Å². The number of hydrogen-bond acceptors (Lipinski definition) is 1. The van der Waals surface area contributed by atoms with E-state index >= 15 is 0 Å². The summed E-state index contributed by atoms with van der Waals surface area (Å²) in [7, 11) is 0. The third-order valence-electron chi connectivity index (χ3n) is 3.19. The highest BCUT2D eigenvalue weighted by Crippen LogP contribution is 2.31. The van der Waals surface area contributed by atoms with Gasteiger partial charge in [-0.15, -0.1) is 0 Å². The van der Waals surface area contributed by atoms with Crippen molar-refractivity contribution in [2.24, 2.45) is 0 Å². The van der Waals surface area contributed by atoms with Crippen molar-refractivity contribution in [2.45, 2.75) is 63.8 Å². The predicted molar refractivity (Wildman–Crippen MR) is 54.7 cm³/mol. The lowest BCUT2D eigenvalue weighted by Crippen LogP contribution is -2.51. The van der Waals surface area contributed by atoms with Crippen molar-refractivity contribution in [3.05, 3.63) is 0 Å². The molecule has 0 heterocycles. The first kappa shape index (κ1) is 11.9. The third kappa shape index (κ3) is 2.91. The SMILES string of the molecule is CCNC1(C(F)F)CCCCCCC1. The topological polar surface area (TPSA) is 12.0 Å². The number of halogens is 2. The maximum absolute atomic E-state index is 13.0. The smallest absolute Gasteiger partial charge is 0.256 e. The summed E-state index contributed by atoms with van der Waals surface area (Å²) in [4.78, 5) is 0. The van der Waals surface area contributed by atoms with Crippen LogP contribution in [-0.2, 0) is 0 Å². The van der Waals surface area contributed by atoms with E-state index in [-0.39, 0.29) is 0 Å². The Morgan fingerprint density at radius 1 is 1.07 bits per heavy atom. The molecule has 3 heteroatoms. The van der Waals surface area contributed by atoms with Gasteiger partial charge >= 0.3 is 0 Å². The Bertz CT molecular complexity index is 151. The van der Waals surface area contributed by atoms with E-state index in [0.29, 0.717) is 19.4 Å². The van der Waals surface area contributed by atoms with E-state index in [1.165, 1.54) is 6.42 Å². The molecule has 1 fully saturated rings. The highest BCUT2D eigenvalue weighted by atomic mass is 19.3. The molecule has 0 aromatic heterocycles. The summed E-state index contributed by atoms with van der Waals surface area (Å²) in [6, 6.07) is 0. The van der Waals surface area contributed by atoms with Crippen molar-refractivity contribution < 1.29 is 8.78 Å². The van der Waals surface area contributed by atoms with Gasteiger partial charge in [0.05, 0.1) is 5.54 Å². The van der Waals surface area contributed by atoms with Crippen LogP contribution in [-0.4, -0.2) is 18.5 Å². The Morgan fingerprint density at radius 2 is 1.57 bits per heavy atom. The Labute approximate surface area is 85.3 Å². The molecule has 84 valence electrons. The lowest BCUT2D eigenvalue weighted by Gasteiger charge is -2.35. The minimum Gasteiger partial charge on any atom is -0.307 e. The summed E-state index contributed by atoms with van der Waals surface area (Å²) >= 11 is 0. The summed E-state index contributed by atoms with van der Waals surface area (Å²) in [6.45, 7) is 2.55. The van der Waals surface area contributed by atoms with Gasteiger partial charge in [-0.05, 0) is 19.4 Å². The van der Waals surface area contributed by atoms with Crippen LogP contribution >= 0.6 is 0 Å². The molecule has 1 nitrogen and oxygen atoms in total. The predicted octanol–water partition coefficient (Wildman–Crippen LogP) is 3.34. The highest BCUT2D eigenvalue weighted by Gasteiger charge is 2.38. The largest absolute Gasteiger partial charge is 0.307 e. The molecule has 1 aliphatic rings. The summed E-state index contributed by atoms with van der Waals surface area (Å²) in [5.74, 6) is 0. The molecule has 1 N–H and O–H groups in total. The average molecular weight is 205 g/mol. The molecule has 0 aliphatic heterocycles. The molecule has 0 saturated heterocycles. The second kappa shape index (κ2) is 5.64. The van der Waals surface area contributed by atoms with Crippen LogP contribution in [0.1, 0.15) is 51.9 Å². The summed E-state index contributed by atoms with van der Waals surface area (Å²) in [6.07, 6.45) is 4.37. The first-order valence-electron chi connectivity index (χ1n) is 5.74. The van der Waals surface area contributed by atoms with Crippen LogP contribution in [0.2, 0.25) is 0 Å². The van der Waals surface area contributed by atoms with Gasteiger partial charge in [0.2, 0.25) is 0 Å². The lowest BCUT2D eigenvalue weighted by atomic mass is 9.84. The fraction of sp³-hybridized carbons (Fsp3) is 1.00. The van der Waals surface area contributed by atoms with E-state index < -0.39 is 12.0 Å². The van der Waals surface area contributed by atoms with Gasteiger partial charge in [0, 0.05) is 0 Å². The molecule has 1 saturated carbocycles. The number of rotatable bonds is 3. The molecule has 14 heavy (non-hydrogen) atoms. The molecule has 1 rings (SSSR count). The van der Waals surface area contributed by atoms with Gasteiger partial charge in [-0.25, -0.2) is 8.78 Å². The zero-order valence-electron chi connectivity index (χ0n) is 8.99. The number of nitrogens with one attached hydrogen (secondary N) is 1. The van der Waals surface area contributed by atoms with E-state index in [4.69, 9.17) is 0 Å². The summed E-state index contributed by atoms with van der Waals surface area (Å²) < 4.78 is 26.0. The van der Waals surface area contributed by atoms with Crippen LogP contribution in [0.25, 0.3) is 0 Å². The van der Waals surface area contributed by atoms with E-state index in [0.717, 1.165) is 25.7 Å².